The molecule has 0 aliphatic carbocycles. The van der Waals surface area contributed by atoms with Gasteiger partial charge in [0.25, 0.3) is 0 Å². The van der Waals surface area contributed by atoms with Crippen molar-refractivity contribution in [3.05, 3.63) is 20.8 Å². The van der Waals surface area contributed by atoms with E-state index in [1.807, 2.05) is 13.0 Å². The van der Waals surface area contributed by atoms with E-state index in [0.717, 1.165) is 23.2 Å². The summed E-state index contributed by atoms with van der Waals surface area (Å²) >= 11 is 5.12. The van der Waals surface area contributed by atoms with E-state index in [0.29, 0.717) is 6.61 Å². The Balaban J connectivity index is 2.02. The third kappa shape index (κ3) is 2.81. The first-order valence-corrected chi connectivity index (χ1v) is 6.73. The van der Waals surface area contributed by atoms with E-state index in [2.05, 4.69) is 22.0 Å². The van der Waals surface area contributed by atoms with Crippen molar-refractivity contribution in [3.63, 3.8) is 0 Å². The first-order valence-electron chi connectivity index (χ1n) is 5.12. The molecule has 1 N–H and O–H groups in total. The summed E-state index contributed by atoms with van der Waals surface area (Å²) in [5.41, 5.74) is -0.638. The molecule has 0 bridgehead atoms. The van der Waals surface area contributed by atoms with Crippen LogP contribution in [-0.2, 0) is 11.2 Å². The van der Waals surface area contributed by atoms with Gasteiger partial charge in [-0.15, -0.1) is 11.3 Å². The number of ether oxygens (including phenoxy) is 1. The van der Waals surface area contributed by atoms with Crippen LogP contribution < -0.4 is 0 Å². The molecule has 0 amide bonds. The van der Waals surface area contributed by atoms with Gasteiger partial charge >= 0.3 is 0 Å². The van der Waals surface area contributed by atoms with Gasteiger partial charge in [-0.3, -0.25) is 0 Å². The molecular weight excluding hydrogens is 276 g/mol. The molecule has 1 fully saturated rings. The van der Waals surface area contributed by atoms with Gasteiger partial charge in [0, 0.05) is 23.8 Å². The minimum absolute atomic E-state index is 0.276. The summed E-state index contributed by atoms with van der Waals surface area (Å²) in [7, 11) is 0. The number of halogens is 1. The SMILES string of the molecule is CC(O)(Cc1ccc(Br)s1)C1CCOC1. The molecule has 4 heteroatoms. The van der Waals surface area contributed by atoms with Gasteiger partial charge in [0.05, 0.1) is 16.0 Å². The summed E-state index contributed by atoms with van der Waals surface area (Å²) in [4.78, 5) is 1.22. The van der Waals surface area contributed by atoms with Crippen molar-refractivity contribution >= 4 is 27.3 Å². The highest BCUT2D eigenvalue weighted by Crippen LogP contribution is 2.32. The average molecular weight is 291 g/mol. The fourth-order valence-corrected chi connectivity index (χ4v) is 3.61. The number of hydrogen-bond donors (Lipinski definition) is 1. The van der Waals surface area contributed by atoms with E-state index in [1.165, 1.54) is 4.88 Å². The summed E-state index contributed by atoms with van der Waals surface area (Å²) < 4.78 is 6.44. The van der Waals surface area contributed by atoms with E-state index < -0.39 is 5.60 Å². The lowest BCUT2D eigenvalue weighted by Crippen LogP contribution is -2.37. The molecule has 0 saturated carbocycles. The highest BCUT2D eigenvalue weighted by atomic mass is 79.9. The Labute approximate surface area is 102 Å². The monoisotopic (exact) mass is 290 g/mol. The van der Waals surface area contributed by atoms with Crippen LogP contribution >= 0.6 is 27.3 Å². The largest absolute Gasteiger partial charge is 0.389 e. The third-order valence-corrected chi connectivity index (χ3v) is 4.59. The predicted octanol–water partition coefficient (Wildman–Crippen LogP) is 2.84. The van der Waals surface area contributed by atoms with E-state index >= 15 is 0 Å². The Morgan fingerprint density at radius 1 is 1.67 bits per heavy atom. The van der Waals surface area contributed by atoms with Crippen molar-refractivity contribution in [1.82, 2.24) is 0 Å². The van der Waals surface area contributed by atoms with Gasteiger partial charge < -0.3 is 9.84 Å². The van der Waals surface area contributed by atoms with Crippen molar-refractivity contribution < 1.29 is 9.84 Å². The van der Waals surface area contributed by atoms with E-state index in [1.54, 1.807) is 11.3 Å². The zero-order valence-corrected chi connectivity index (χ0v) is 11.1. The molecule has 1 aromatic rings. The maximum Gasteiger partial charge on any atom is 0.0718 e. The van der Waals surface area contributed by atoms with Crippen molar-refractivity contribution in [1.29, 1.82) is 0 Å². The molecule has 0 spiro atoms. The Bertz CT molecular complexity index is 329. The first-order chi connectivity index (χ1) is 7.08. The quantitative estimate of drug-likeness (QED) is 0.928. The molecular formula is C11H15BrO2S. The van der Waals surface area contributed by atoms with E-state index in [9.17, 15) is 5.11 Å². The predicted molar refractivity (Wildman–Crippen MR) is 65.3 cm³/mol. The fourth-order valence-electron chi connectivity index (χ4n) is 1.97. The zero-order valence-electron chi connectivity index (χ0n) is 8.70. The molecule has 15 heavy (non-hydrogen) atoms. The molecule has 2 heterocycles. The van der Waals surface area contributed by atoms with Crippen molar-refractivity contribution in [2.45, 2.75) is 25.4 Å². The highest BCUT2D eigenvalue weighted by Gasteiger charge is 2.35. The molecule has 2 atom stereocenters. The highest BCUT2D eigenvalue weighted by molar-refractivity contribution is 9.11. The number of rotatable bonds is 3. The van der Waals surface area contributed by atoms with Crippen molar-refractivity contribution in [2.24, 2.45) is 5.92 Å². The van der Waals surface area contributed by atoms with Crippen LogP contribution in [0.25, 0.3) is 0 Å². The van der Waals surface area contributed by atoms with Crippen LogP contribution in [0.3, 0.4) is 0 Å². The van der Waals surface area contributed by atoms with Crippen LogP contribution in [0.2, 0.25) is 0 Å². The second kappa shape index (κ2) is 4.53. The average Bonchev–Trinajstić information content (AvgIpc) is 2.75. The lowest BCUT2D eigenvalue weighted by Gasteiger charge is -2.28. The van der Waals surface area contributed by atoms with Crippen LogP contribution in [-0.4, -0.2) is 23.9 Å². The van der Waals surface area contributed by atoms with Gasteiger partial charge in [-0.25, -0.2) is 0 Å². The maximum atomic E-state index is 10.4. The molecule has 2 unspecified atom stereocenters. The smallest absolute Gasteiger partial charge is 0.0718 e. The Morgan fingerprint density at radius 2 is 2.47 bits per heavy atom. The van der Waals surface area contributed by atoms with Crippen LogP contribution in [0, 0.1) is 5.92 Å². The van der Waals surface area contributed by atoms with Crippen molar-refractivity contribution in [2.75, 3.05) is 13.2 Å². The summed E-state index contributed by atoms with van der Waals surface area (Å²) in [6, 6.07) is 4.10. The summed E-state index contributed by atoms with van der Waals surface area (Å²) in [5.74, 6) is 0.276. The summed E-state index contributed by atoms with van der Waals surface area (Å²) in [6.07, 6.45) is 1.69. The molecule has 2 rings (SSSR count). The first kappa shape index (κ1) is 11.6. The lowest BCUT2D eigenvalue weighted by molar-refractivity contribution is -0.00389. The molecule has 2 nitrogen and oxygen atoms in total. The molecule has 0 radical (unpaired) electrons. The van der Waals surface area contributed by atoms with Gasteiger partial charge in [0.15, 0.2) is 0 Å². The van der Waals surface area contributed by atoms with Crippen LogP contribution in [0.4, 0.5) is 0 Å². The molecule has 1 aromatic heterocycles. The minimum Gasteiger partial charge on any atom is -0.389 e. The summed E-state index contributed by atoms with van der Waals surface area (Å²) in [5, 5.41) is 10.4. The number of hydrogen-bond acceptors (Lipinski definition) is 3. The standard InChI is InChI=1S/C11H15BrO2S/c1-11(13,8-4-5-14-7-8)6-9-2-3-10(12)15-9/h2-3,8,13H,4-7H2,1H3. The molecule has 1 aliphatic heterocycles. The van der Waals surface area contributed by atoms with Gasteiger partial charge in [-0.05, 0) is 41.4 Å². The van der Waals surface area contributed by atoms with Gasteiger partial charge in [-0.2, -0.15) is 0 Å². The topological polar surface area (TPSA) is 29.5 Å². The van der Waals surface area contributed by atoms with E-state index in [-0.39, 0.29) is 5.92 Å². The van der Waals surface area contributed by atoms with Gasteiger partial charge in [-0.1, -0.05) is 0 Å². The molecule has 84 valence electrons. The fraction of sp³-hybridized carbons (Fsp3) is 0.636. The molecule has 0 aromatic carbocycles. The Hall–Kier alpha value is 0.1000. The van der Waals surface area contributed by atoms with Crippen molar-refractivity contribution in [3.8, 4) is 0 Å². The molecule has 1 aliphatic rings. The maximum absolute atomic E-state index is 10.4. The Morgan fingerprint density at radius 3 is 3.00 bits per heavy atom. The zero-order chi connectivity index (χ0) is 10.9. The minimum atomic E-state index is -0.638. The number of aliphatic hydroxyl groups is 1. The van der Waals surface area contributed by atoms with Crippen LogP contribution in [0.15, 0.2) is 15.9 Å². The second-order valence-corrected chi connectivity index (χ2v) is 6.85. The van der Waals surface area contributed by atoms with E-state index in [4.69, 9.17) is 4.74 Å². The lowest BCUT2D eigenvalue weighted by atomic mass is 9.85. The number of thiophene rings is 1. The normalized spacial score (nSPS) is 25.4. The van der Waals surface area contributed by atoms with Crippen LogP contribution in [0.1, 0.15) is 18.2 Å². The Kier molecular flexibility index (Phi) is 3.50. The van der Waals surface area contributed by atoms with Crippen LogP contribution in [0.5, 0.6) is 0 Å². The summed E-state index contributed by atoms with van der Waals surface area (Å²) in [6.45, 7) is 3.40. The third-order valence-electron chi connectivity index (χ3n) is 2.97. The van der Waals surface area contributed by atoms with Gasteiger partial charge in [0.2, 0.25) is 0 Å². The van der Waals surface area contributed by atoms with Gasteiger partial charge in [0.1, 0.15) is 0 Å². The molecule has 1 saturated heterocycles. The second-order valence-electron chi connectivity index (χ2n) is 4.30.